The van der Waals surface area contributed by atoms with Crippen LogP contribution in [0.25, 0.3) is 11.2 Å². The van der Waals surface area contributed by atoms with Crippen molar-refractivity contribution in [2.75, 3.05) is 43.9 Å². The number of hydrogen-bond acceptors (Lipinski definition) is 6. The fourth-order valence-corrected chi connectivity index (χ4v) is 5.42. The highest BCUT2D eigenvalue weighted by Gasteiger charge is 2.33. The molecule has 6 nitrogen and oxygen atoms in total. The minimum atomic E-state index is -4.51. The number of rotatable bonds is 9. The number of anilines is 2. The van der Waals surface area contributed by atoms with Crippen LogP contribution in [0.4, 0.5) is 29.1 Å². The molecule has 0 aliphatic carbocycles. The first-order valence-corrected chi connectivity index (χ1v) is 14.0. The summed E-state index contributed by atoms with van der Waals surface area (Å²) in [5.41, 5.74) is -0.112. The quantitative estimate of drug-likeness (QED) is 0.166. The smallest absolute Gasteiger partial charge is 0.385 e. The van der Waals surface area contributed by atoms with Gasteiger partial charge in [0, 0.05) is 55.2 Å². The second kappa shape index (κ2) is 12.9. The standard InChI is InChI=1S/C29H34F4N6S/c1-5-20-9-10-21(19(3)34-6-2)16-25(20)35-12-7-8-22-17-26-27(37-24-11-14-38(4)18-23(24)30)36-13-15-39(26)28(22)40-29(31,32)33/h9-10,13,15-17,23-24,34-35H,3,5-6,11-12,14,18H2,1-2,4H3,(H,36,37). The highest BCUT2D eigenvalue weighted by atomic mass is 32.2. The van der Waals surface area contributed by atoms with Crippen molar-refractivity contribution in [3.8, 4) is 11.8 Å². The molecule has 3 N–H and O–H groups in total. The van der Waals surface area contributed by atoms with Crippen LogP contribution in [0.15, 0.2) is 48.3 Å². The van der Waals surface area contributed by atoms with Gasteiger partial charge in [0.15, 0.2) is 5.82 Å². The first kappa shape index (κ1) is 29.6. The number of nitrogens with zero attached hydrogens (tertiary/aromatic N) is 3. The predicted molar refractivity (Wildman–Crippen MR) is 155 cm³/mol. The van der Waals surface area contributed by atoms with E-state index in [1.807, 2.05) is 37.1 Å². The second-order valence-electron chi connectivity index (χ2n) is 9.65. The van der Waals surface area contributed by atoms with Gasteiger partial charge in [0.2, 0.25) is 0 Å². The van der Waals surface area contributed by atoms with Gasteiger partial charge in [-0.25, -0.2) is 9.37 Å². The second-order valence-corrected chi connectivity index (χ2v) is 10.7. The van der Waals surface area contributed by atoms with E-state index in [0.717, 1.165) is 35.5 Å². The lowest BCUT2D eigenvalue weighted by atomic mass is 10.0. The van der Waals surface area contributed by atoms with Crippen molar-refractivity contribution in [2.24, 2.45) is 0 Å². The van der Waals surface area contributed by atoms with E-state index in [1.165, 1.54) is 16.8 Å². The van der Waals surface area contributed by atoms with Crippen molar-refractivity contribution in [1.82, 2.24) is 19.6 Å². The maximum atomic E-state index is 14.7. The van der Waals surface area contributed by atoms with Gasteiger partial charge in [-0.15, -0.1) is 0 Å². The number of alkyl halides is 4. The molecule has 11 heteroatoms. The van der Waals surface area contributed by atoms with Crippen LogP contribution in [0, 0.1) is 11.8 Å². The highest BCUT2D eigenvalue weighted by Crippen LogP contribution is 2.40. The number of aryl methyl sites for hydroxylation is 1. The summed E-state index contributed by atoms with van der Waals surface area (Å²) >= 11 is -0.224. The van der Waals surface area contributed by atoms with Gasteiger partial charge in [0.25, 0.3) is 0 Å². The minimum absolute atomic E-state index is 0.0567. The summed E-state index contributed by atoms with van der Waals surface area (Å²) in [5, 5.41) is 9.57. The Hall–Kier alpha value is -3.36. The van der Waals surface area contributed by atoms with Gasteiger partial charge in [-0.2, -0.15) is 13.2 Å². The number of hydrogen-bond donors (Lipinski definition) is 3. The number of fused-ring (bicyclic) bond motifs is 1. The molecule has 0 radical (unpaired) electrons. The van der Waals surface area contributed by atoms with E-state index < -0.39 is 17.7 Å². The van der Waals surface area contributed by atoms with Gasteiger partial charge in [-0.3, -0.25) is 0 Å². The summed E-state index contributed by atoms with van der Waals surface area (Å²) in [6.07, 6.45) is 3.13. The molecule has 0 spiro atoms. The average molecular weight is 575 g/mol. The normalized spacial score (nSPS) is 17.8. The zero-order chi connectivity index (χ0) is 28.9. The first-order valence-electron chi connectivity index (χ1n) is 13.2. The van der Waals surface area contributed by atoms with Crippen molar-refractivity contribution in [3.05, 3.63) is 59.9 Å². The maximum Gasteiger partial charge on any atom is 0.447 e. The lowest BCUT2D eigenvalue weighted by Crippen LogP contribution is -2.46. The maximum absolute atomic E-state index is 14.7. The Kier molecular flexibility index (Phi) is 9.53. The van der Waals surface area contributed by atoms with Gasteiger partial charge in [-0.1, -0.05) is 37.5 Å². The van der Waals surface area contributed by atoms with Crippen molar-refractivity contribution in [1.29, 1.82) is 0 Å². The lowest BCUT2D eigenvalue weighted by Gasteiger charge is -2.33. The average Bonchev–Trinajstić information content (AvgIpc) is 3.24. The van der Waals surface area contributed by atoms with Crippen LogP contribution in [-0.4, -0.2) is 65.2 Å². The van der Waals surface area contributed by atoms with E-state index in [1.54, 1.807) is 6.07 Å². The molecule has 214 valence electrons. The molecule has 1 saturated heterocycles. The minimum Gasteiger partial charge on any atom is -0.385 e. The molecule has 2 aromatic heterocycles. The largest absolute Gasteiger partial charge is 0.447 e. The van der Waals surface area contributed by atoms with E-state index in [-0.39, 0.29) is 35.4 Å². The van der Waals surface area contributed by atoms with Gasteiger partial charge in [0.1, 0.15) is 11.2 Å². The van der Waals surface area contributed by atoms with E-state index in [9.17, 15) is 17.6 Å². The predicted octanol–water partition coefficient (Wildman–Crippen LogP) is 6.01. The number of thioether (sulfide) groups is 1. The van der Waals surface area contributed by atoms with Crippen molar-refractivity contribution in [2.45, 2.75) is 49.4 Å². The van der Waals surface area contributed by atoms with E-state index in [2.05, 4.69) is 46.3 Å². The van der Waals surface area contributed by atoms with Gasteiger partial charge in [0.05, 0.1) is 23.7 Å². The molecule has 0 saturated carbocycles. The zero-order valence-electron chi connectivity index (χ0n) is 22.8. The number of likely N-dealkylation sites (tertiary alicyclic amines) is 1. The third-order valence-electron chi connectivity index (χ3n) is 6.75. The number of piperidine rings is 1. The highest BCUT2D eigenvalue weighted by molar-refractivity contribution is 8.00. The number of nitrogens with one attached hydrogen (secondary N) is 3. The fraction of sp³-hybridized carbons (Fsp3) is 0.414. The molecule has 2 atom stereocenters. The van der Waals surface area contributed by atoms with Crippen LogP contribution in [0.5, 0.6) is 0 Å². The molecule has 0 amide bonds. The first-order chi connectivity index (χ1) is 19.1. The third kappa shape index (κ3) is 7.23. The zero-order valence-corrected chi connectivity index (χ0v) is 23.6. The van der Waals surface area contributed by atoms with Crippen molar-refractivity contribution < 1.29 is 17.6 Å². The molecule has 1 aromatic carbocycles. The molecule has 2 unspecified atom stereocenters. The monoisotopic (exact) mass is 574 g/mol. The van der Waals surface area contributed by atoms with Crippen LogP contribution in [0.3, 0.4) is 0 Å². The van der Waals surface area contributed by atoms with Crippen LogP contribution in [0.2, 0.25) is 0 Å². The van der Waals surface area contributed by atoms with Crippen molar-refractivity contribution >= 4 is 34.5 Å². The van der Waals surface area contributed by atoms with Gasteiger partial charge < -0.3 is 25.3 Å². The lowest BCUT2D eigenvalue weighted by molar-refractivity contribution is -0.0329. The molecule has 1 fully saturated rings. The molecule has 1 aliphatic rings. The summed E-state index contributed by atoms with van der Waals surface area (Å²) < 4.78 is 56.7. The SMILES string of the molecule is C=C(NCC)c1ccc(CC)c(NCC#Cc2cc3c(NC4CCN(C)CC4F)nccn3c2SC(F)(F)F)c1. The molecule has 1 aliphatic heterocycles. The molecule has 0 bridgehead atoms. The molecule has 4 rings (SSSR count). The van der Waals surface area contributed by atoms with Crippen molar-refractivity contribution in [3.63, 3.8) is 0 Å². The Balaban J connectivity index is 1.60. The van der Waals surface area contributed by atoms with E-state index in [4.69, 9.17) is 0 Å². The van der Waals surface area contributed by atoms with Gasteiger partial charge in [-0.05, 0) is 50.1 Å². The summed E-state index contributed by atoms with van der Waals surface area (Å²) in [6.45, 7) is 10.1. The summed E-state index contributed by atoms with van der Waals surface area (Å²) in [4.78, 5) is 6.23. The fourth-order valence-electron chi connectivity index (χ4n) is 4.72. The molecular weight excluding hydrogens is 540 g/mol. The van der Waals surface area contributed by atoms with Crippen LogP contribution >= 0.6 is 11.8 Å². The van der Waals surface area contributed by atoms with Crippen LogP contribution in [0.1, 0.15) is 37.0 Å². The Bertz CT molecular complexity index is 1410. The van der Waals surface area contributed by atoms with E-state index in [0.29, 0.717) is 24.3 Å². The van der Waals surface area contributed by atoms with E-state index >= 15 is 0 Å². The molecule has 3 aromatic rings. The Morgan fingerprint density at radius 1 is 1.25 bits per heavy atom. The Morgan fingerprint density at radius 3 is 2.75 bits per heavy atom. The molecule has 40 heavy (non-hydrogen) atoms. The van der Waals surface area contributed by atoms with Gasteiger partial charge >= 0.3 is 5.51 Å². The number of aromatic nitrogens is 2. The Labute approximate surface area is 236 Å². The number of benzene rings is 1. The number of halogens is 4. The molecule has 3 heterocycles. The summed E-state index contributed by atoms with van der Waals surface area (Å²) in [7, 11) is 1.86. The molecular formula is C29H34F4N6S. The van der Waals surface area contributed by atoms with Crippen LogP contribution in [-0.2, 0) is 6.42 Å². The Morgan fingerprint density at radius 2 is 2.05 bits per heavy atom. The topological polar surface area (TPSA) is 56.6 Å². The third-order valence-corrected chi connectivity index (χ3v) is 7.59. The summed E-state index contributed by atoms with van der Waals surface area (Å²) in [6, 6.07) is 7.13. The van der Waals surface area contributed by atoms with Crippen LogP contribution < -0.4 is 16.0 Å². The summed E-state index contributed by atoms with van der Waals surface area (Å²) in [5.74, 6) is 6.23.